The number of hydrogen-bond acceptors (Lipinski definition) is 4. The minimum atomic E-state index is -0.778. The van der Waals surface area contributed by atoms with E-state index in [2.05, 4.69) is 10.6 Å². The van der Waals surface area contributed by atoms with Gasteiger partial charge in [-0.05, 0) is 30.7 Å². The van der Waals surface area contributed by atoms with Crippen molar-refractivity contribution in [1.82, 2.24) is 5.32 Å². The second-order valence-electron chi connectivity index (χ2n) is 6.42. The maximum atomic E-state index is 13.8. The average Bonchev–Trinajstić information content (AvgIpc) is 2.68. The SMILES string of the molecule is CCCNC(=O)[C@H]1CN(CC(=O)Nc2cc(F)ccc2F)c2ccccc2O1. The number of amides is 2. The van der Waals surface area contributed by atoms with E-state index in [1.165, 1.54) is 0 Å². The van der Waals surface area contributed by atoms with Gasteiger partial charge >= 0.3 is 0 Å². The van der Waals surface area contributed by atoms with Crippen LogP contribution in [-0.2, 0) is 9.59 Å². The third-order valence-electron chi connectivity index (χ3n) is 4.24. The molecule has 0 aromatic heterocycles. The Morgan fingerprint density at radius 2 is 2.00 bits per heavy atom. The van der Waals surface area contributed by atoms with E-state index in [4.69, 9.17) is 4.74 Å². The summed E-state index contributed by atoms with van der Waals surface area (Å²) in [4.78, 5) is 26.4. The topological polar surface area (TPSA) is 70.7 Å². The standard InChI is InChI=1S/C20H21F2N3O3/c1-2-9-23-20(27)18-11-25(16-5-3-4-6-17(16)28-18)12-19(26)24-15-10-13(21)7-8-14(15)22/h3-8,10,18H,2,9,11-12H2,1H3,(H,23,27)(H,24,26)/t18-/m1/s1. The van der Waals surface area contributed by atoms with Crippen LogP contribution >= 0.6 is 0 Å². The van der Waals surface area contributed by atoms with Crippen molar-refractivity contribution in [3.8, 4) is 5.75 Å². The highest BCUT2D eigenvalue weighted by atomic mass is 19.1. The van der Waals surface area contributed by atoms with E-state index in [1.807, 2.05) is 6.92 Å². The second-order valence-corrected chi connectivity index (χ2v) is 6.42. The number of hydrogen-bond donors (Lipinski definition) is 2. The fourth-order valence-electron chi connectivity index (χ4n) is 2.91. The quantitative estimate of drug-likeness (QED) is 0.797. The van der Waals surface area contributed by atoms with Gasteiger partial charge in [-0.2, -0.15) is 0 Å². The molecule has 0 unspecified atom stereocenters. The number of rotatable bonds is 6. The zero-order valence-electron chi connectivity index (χ0n) is 15.4. The number of benzene rings is 2. The Kier molecular flexibility index (Phi) is 6.08. The first-order valence-electron chi connectivity index (χ1n) is 9.01. The van der Waals surface area contributed by atoms with Gasteiger partial charge in [0.2, 0.25) is 5.91 Å². The zero-order valence-corrected chi connectivity index (χ0v) is 15.4. The van der Waals surface area contributed by atoms with Crippen LogP contribution in [0.15, 0.2) is 42.5 Å². The van der Waals surface area contributed by atoms with Gasteiger partial charge in [0.25, 0.3) is 5.91 Å². The number of halogens is 2. The van der Waals surface area contributed by atoms with E-state index in [-0.39, 0.29) is 24.7 Å². The van der Waals surface area contributed by atoms with Crippen molar-refractivity contribution in [1.29, 1.82) is 0 Å². The fourth-order valence-corrected chi connectivity index (χ4v) is 2.91. The molecule has 2 N–H and O–H groups in total. The molecule has 1 aliphatic rings. The lowest BCUT2D eigenvalue weighted by Gasteiger charge is -2.35. The van der Waals surface area contributed by atoms with Crippen LogP contribution in [0.2, 0.25) is 0 Å². The molecule has 0 radical (unpaired) electrons. The summed E-state index contributed by atoms with van der Waals surface area (Å²) in [7, 11) is 0. The Balaban J connectivity index is 1.74. The molecule has 2 aromatic carbocycles. The molecule has 0 aliphatic carbocycles. The predicted molar refractivity (Wildman–Crippen MR) is 101 cm³/mol. The number of fused-ring (bicyclic) bond motifs is 1. The molecule has 8 heteroatoms. The lowest BCUT2D eigenvalue weighted by atomic mass is 10.1. The monoisotopic (exact) mass is 389 g/mol. The molecule has 2 amide bonds. The molecule has 148 valence electrons. The van der Waals surface area contributed by atoms with Gasteiger partial charge in [0.15, 0.2) is 6.10 Å². The van der Waals surface area contributed by atoms with Gasteiger partial charge in [0.1, 0.15) is 17.4 Å². The Morgan fingerprint density at radius 3 is 2.79 bits per heavy atom. The van der Waals surface area contributed by atoms with Gasteiger partial charge in [0, 0.05) is 12.6 Å². The summed E-state index contributed by atoms with van der Waals surface area (Å²) < 4.78 is 32.8. The molecule has 6 nitrogen and oxygen atoms in total. The largest absolute Gasteiger partial charge is 0.477 e. The van der Waals surface area contributed by atoms with E-state index in [0.717, 1.165) is 24.6 Å². The first kappa shape index (κ1) is 19.6. The molecule has 1 atom stereocenters. The zero-order chi connectivity index (χ0) is 20.1. The number of nitrogens with zero attached hydrogens (tertiary/aromatic N) is 1. The van der Waals surface area contributed by atoms with E-state index in [9.17, 15) is 18.4 Å². The fraction of sp³-hybridized carbons (Fsp3) is 0.300. The van der Waals surface area contributed by atoms with Crippen molar-refractivity contribution >= 4 is 23.2 Å². The van der Waals surface area contributed by atoms with Crippen LogP contribution in [0.25, 0.3) is 0 Å². The van der Waals surface area contributed by atoms with Crippen LogP contribution in [0.3, 0.4) is 0 Å². The molecule has 0 saturated heterocycles. The number of carbonyl (C=O) groups excluding carboxylic acids is 2. The van der Waals surface area contributed by atoms with E-state index >= 15 is 0 Å². The van der Waals surface area contributed by atoms with Crippen LogP contribution in [-0.4, -0.2) is 37.6 Å². The Hall–Kier alpha value is -3.16. The summed E-state index contributed by atoms with van der Waals surface area (Å²) in [6.07, 6.45) is 0.0144. The maximum absolute atomic E-state index is 13.8. The van der Waals surface area contributed by atoms with Crippen LogP contribution in [0.1, 0.15) is 13.3 Å². The molecular weight excluding hydrogens is 368 g/mol. The Morgan fingerprint density at radius 1 is 1.21 bits per heavy atom. The van der Waals surface area contributed by atoms with Gasteiger partial charge in [-0.3, -0.25) is 9.59 Å². The molecule has 0 saturated carbocycles. The lowest BCUT2D eigenvalue weighted by molar-refractivity contribution is -0.128. The molecule has 0 spiro atoms. The van der Waals surface area contributed by atoms with E-state index < -0.39 is 23.6 Å². The summed E-state index contributed by atoms with van der Waals surface area (Å²) in [6.45, 7) is 2.48. The average molecular weight is 389 g/mol. The van der Waals surface area contributed by atoms with Gasteiger partial charge in [-0.15, -0.1) is 0 Å². The molecule has 28 heavy (non-hydrogen) atoms. The maximum Gasteiger partial charge on any atom is 0.262 e. The second kappa shape index (κ2) is 8.69. The number of anilines is 2. The molecule has 0 fully saturated rings. The minimum absolute atomic E-state index is 0.145. The van der Waals surface area contributed by atoms with Crippen molar-refractivity contribution in [2.45, 2.75) is 19.4 Å². The van der Waals surface area contributed by atoms with Gasteiger partial charge < -0.3 is 20.3 Å². The van der Waals surface area contributed by atoms with E-state index in [1.54, 1.807) is 29.2 Å². The van der Waals surface area contributed by atoms with E-state index in [0.29, 0.717) is 18.0 Å². The molecule has 1 aliphatic heterocycles. The molecule has 2 aromatic rings. The first-order valence-corrected chi connectivity index (χ1v) is 9.01. The first-order chi connectivity index (χ1) is 13.5. The molecule has 1 heterocycles. The number of para-hydroxylation sites is 2. The molecule has 3 rings (SSSR count). The Bertz CT molecular complexity index is 876. The third kappa shape index (κ3) is 4.57. The van der Waals surface area contributed by atoms with Crippen LogP contribution < -0.4 is 20.3 Å². The van der Waals surface area contributed by atoms with Crippen molar-refractivity contribution in [3.05, 3.63) is 54.1 Å². The normalized spacial score (nSPS) is 15.4. The van der Waals surface area contributed by atoms with Gasteiger partial charge in [0.05, 0.1) is 24.5 Å². The van der Waals surface area contributed by atoms with Crippen LogP contribution in [0.5, 0.6) is 5.75 Å². The van der Waals surface area contributed by atoms with Gasteiger partial charge in [-0.1, -0.05) is 19.1 Å². The summed E-state index contributed by atoms with van der Waals surface area (Å²) in [5, 5.41) is 5.15. The number of carbonyl (C=O) groups is 2. The molecule has 0 bridgehead atoms. The number of ether oxygens (including phenoxy) is 1. The summed E-state index contributed by atoms with van der Waals surface area (Å²) in [6, 6.07) is 9.88. The Labute approximate surface area is 161 Å². The summed E-state index contributed by atoms with van der Waals surface area (Å²) >= 11 is 0. The lowest BCUT2D eigenvalue weighted by Crippen LogP contribution is -2.50. The van der Waals surface area contributed by atoms with Crippen LogP contribution in [0.4, 0.5) is 20.2 Å². The van der Waals surface area contributed by atoms with Crippen molar-refractivity contribution in [2.24, 2.45) is 0 Å². The third-order valence-corrected chi connectivity index (χ3v) is 4.24. The highest BCUT2D eigenvalue weighted by molar-refractivity contribution is 5.95. The highest BCUT2D eigenvalue weighted by Gasteiger charge is 2.31. The van der Waals surface area contributed by atoms with Gasteiger partial charge in [-0.25, -0.2) is 8.78 Å². The smallest absolute Gasteiger partial charge is 0.262 e. The minimum Gasteiger partial charge on any atom is -0.477 e. The predicted octanol–water partition coefficient (Wildman–Crippen LogP) is 2.70. The molecular formula is C20H21F2N3O3. The summed E-state index contributed by atoms with van der Waals surface area (Å²) in [5.74, 6) is -1.70. The van der Waals surface area contributed by atoms with Crippen molar-refractivity contribution in [2.75, 3.05) is 29.9 Å². The van der Waals surface area contributed by atoms with Crippen molar-refractivity contribution < 1.29 is 23.1 Å². The van der Waals surface area contributed by atoms with Crippen molar-refractivity contribution in [3.63, 3.8) is 0 Å². The number of nitrogens with one attached hydrogen (secondary N) is 2. The summed E-state index contributed by atoms with van der Waals surface area (Å²) in [5.41, 5.74) is 0.417. The van der Waals surface area contributed by atoms with Crippen LogP contribution in [0, 0.1) is 11.6 Å². The highest BCUT2D eigenvalue weighted by Crippen LogP contribution is 2.33.